The fraction of sp³-hybridized carbons (Fsp3) is 0.739. The number of carbonyl (C=O) groups is 1. The monoisotopic (exact) mass is 402 g/mol. The number of hydrogen-bond donors (Lipinski definition) is 2. The summed E-state index contributed by atoms with van der Waals surface area (Å²) in [5, 5.41) is 6.78. The van der Waals surface area contributed by atoms with Gasteiger partial charge < -0.3 is 15.4 Å². The molecule has 0 unspecified atom stereocenters. The number of hydrogen-bond acceptors (Lipinski definition) is 5. The summed E-state index contributed by atoms with van der Waals surface area (Å²) in [7, 11) is 0. The molecule has 3 heterocycles. The minimum Gasteiger partial charge on any atom is -0.379 e. The number of piperidine rings is 2. The molecule has 1 aromatic heterocycles. The normalized spacial score (nSPS) is 24.6. The number of nitrogens with one attached hydrogen (secondary N) is 2. The van der Waals surface area contributed by atoms with E-state index >= 15 is 0 Å². The second kappa shape index (κ2) is 11.6. The minimum atomic E-state index is 0.171. The van der Waals surface area contributed by atoms with E-state index in [1.165, 1.54) is 18.5 Å². The second-order valence-corrected chi connectivity index (χ2v) is 8.95. The van der Waals surface area contributed by atoms with Gasteiger partial charge in [0.15, 0.2) is 0 Å². The number of amides is 1. The molecule has 0 aliphatic carbocycles. The molecule has 2 fully saturated rings. The van der Waals surface area contributed by atoms with Crippen molar-refractivity contribution in [1.82, 2.24) is 20.5 Å². The smallest absolute Gasteiger partial charge is 0.219 e. The molecule has 3 rings (SSSR count). The highest BCUT2D eigenvalue weighted by Crippen LogP contribution is 2.31. The standard InChI is InChI=1S/C23H38N4O2/c1-18(2)29-11-5-10-25-23(28)8-3-7-22-21-12-20(14-26-22)16-27(17-21)15-19-6-4-9-24-13-19/h4,6,9,13,18,20-22,26H,3,5,7-8,10-12,14-17H2,1-2H3,(H,25,28)/t20-,21-,22-/m1/s1. The van der Waals surface area contributed by atoms with E-state index in [1.54, 1.807) is 0 Å². The molecule has 2 saturated heterocycles. The van der Waals surface area contributed by atoms with Gasteiger partial charge in [-0.1, -0.05) is 6.07 Å². The SMILES string of the molecule is CC(C)OCCCNC(=O)CCC[C@H]1NC[C@H]2C[C@@H]1CN(Cc1cccnc1)C2. The van der Waals surface area contributed by atoms with Gasteiger partial charge in [-0.25, -0.2) is 0 Å². The topological polar surface area (TPSA) is 66.5 Å². The third-order valence-electron chi connectivity index (χ3n) is 6.03. The summed E-state index contributed by atoms with van der Waals surface area (Å²) in [6, 6.07) is 4.73. The Balaban J connectivity index is 1.33. The van der Waals surface area contributed by atoms with Crippen molar-refractivity contribution in [3.63, 3.8) is 0 Å². The Morgan fingerprint density at radius 2 is 2.28 bits per heavy atom. The maximum Gasteiger partial charge on any atom is 0.219 e. The average molecular weight is 403 g/mol. The fourth-order valence-corrected chi connectivity index (χ4v) is 4.68. The quantitative estimate of drug-likeness (QED) is 0.557. The summed E-state index contributed by atoms with van der Waals surface area (Å²) in [6.07, 6.45) is 8.94. The lowest BCUT2D eigenvalue weighted by Gasteiger charge is -2.46. The van der Waals surface area contributed by atoms with Crippen LogP contribution in [0.15, 0.2) is 24.5 Å². The molecular weight excluding hydrogens is 364 g/mol. The van der Waals surface area contributed by atoms with Gasteiger partial charge in [0.25, 0.3) is 0 Å². The highest BCUT2D eigenvalue weighted by molar-refractivity contribution is 5.75. The Hall–Kier alpha value is -1.50. The number of aromatic nitrogens is 1. The largest absolute Gasteiger partial charge is 0.379 e. The number of rotatable bonds is 11. The van der Waals surface area contributed by atoms with E-state index in [4.69, 9.17) is 4.74 Å². The predicted molar refractivity (Wildman–Crippen MR) is 115 cm³/mol. The van der Waals surface area contributed by atoms with Crippen LogP contribution in [-0.2, 0) is 16.1 Å². The maximum atomic E-state index is 12.1. The van der Waals surface area contributed by atoms with E-state index in [9.17, 15) is 4.79 Å². The molecule has 29 heavy (non-hydrogen) atoms. The summed E-state index contributed by atoms with van der Waals surface area (Å²) in [4.78, 5) is 18.9. The minimum absolute atomic E-state index is 0.171. The first-order valence-electron chi connectivity index (χ1n) is 11.3. The van der Waals surface area contributed by atoms with Gasteiger partial charge in [-0.15, -0.1) is 0 Å². The van der Waals surface area contributed by atoms with Crippen molar-refractivity contribution in [3.05, 3.63) is 30.1 Å². The van der Waals surface area contributed by atoms with Crippen LogP contribution in [-0.4, -0.2) is 60.7 Å². The number of pyridine rings is 1. The van der Waals surface area contributed by atoms with Crippen molar-refractivity contribution in [3.8, 4) is 0 Å². The Morgan fingerprint density at radius 3 is 3.07 bits per heavy atom. The molecule has 1 aromatic rings. The Kier molecular flexibility index (Phi) is 8.90. The third-order valence-corrected chi connectivity index (χ3v) is 6.03. The zero-order valence-corrected chi connectivity index (χ0v) is 18.1. The van der Waals surface area contributed by atoms with Crippen molar-refractivity contribution in [2.75, 3.05) is 32.8 Å². The van der Waals surface area contributed by atoms with Gasteiger partial charge in [0.1, 0.15) is 0 Å². The maximum absolute atomic E-state index is 12.1. The highest BCUT2D eigenvalue weighted by atomic mass is 16.5. The van der Waals surface area contributed by atoms with E-state index in [2.05, 4.69) is 26.6 Å². The molecule has 6 heteroatoms. The van der Waals surface area contributed by atoms with Crippen LogP contribution in [0.25, 0.3) is 0 Å². The zero-order chi connectivity index (χ0) is 20.5. The number of carbonyl (C=O) groups excluding carboxylic acids is 1. The number of fused-ring (bicyclic) bond motifs is 2. The van der Waals surface area contributed by atoms with Gasteiger partial charge in [0.05, 0.1) is 6.10 Å². The molecule has 2 aliphatic rings. The van der Waals surface area contributed by atoms with Crippen LogP contribution in [0, 0.1) is 11.8 Å². The molecule has 6 nitrogen and oxygen atoms in total. The van der Waals surface area contributed by atoms with Crippen LogP contribution in [0.3, 0.4) is 0 Å². The summed E-state index contributed by atoms with van der Waals surface area (Å²) >= 11 is 0. The average Bonchev–Trinajstić information content (AvgIpc) is 2.70. The number of nitrogens with zero attached hydrogens (tertiary/aromatic N) is 2. The van der Waals surface area contributed by atoms with Gasteiger partial charge in [-0.2, -0.15) is 0 Å². The molecular formula is C23H38N4O2. The van der Waals surface area contributed by atoms with E-state index in [0.717, 1.165) is 44.8 Å². The van der Waals surface area contributed by atoms with Crippen LogP contribution < -0.4 is 10.6 Å². The Bertz CT molecular complexity index is 610. The van der Waals surface area contributed by atoms with Crippen LogP contribution in [0.5, 0.6) is 0 Å². The molecule has 2 aliphatic heterocycles. The Labute approximate surface area is 175 Å². The Morgan fingerprint density at radius 1 is 1.38 bits per heavy atom. The molecule has 0 saturated carbocycles. The summed E-state index contributed by atoms with van der Waals surface area (Å²) in [5.41, 5.74) is 1.30. The summed E-state index contributed by atoms with van der Waals surface area (Å²) in [6.45, 7) is 9.90. The van der Waals surface area contributed by atoms with Crippen molar-refractivity contribution in [2.24, 2.45) is 11.8 Å². The van der Waals surface area contributed by atoms with Crippen LogP contribution in [0.2, 0.25) is 0 Å². The van der Waals surface area contributed by atoms with Gasteiger partial charge in [-0.3, -0.25) is 14.7 Å². The van der Waals surface area contributed by atoms with Crippen molar-refractivity contribution in [2.45, 2.75) is 64.6 Å². The summed E-state index contributed by atoms with van der Waals surface area (Å²) < 4.78 is 5.50. The van der Waals surface area contributed by atoms with Crippen LogP contribution in [0.1, 0.15) is 51.5 Å². The lowest BCUT2D eigenvalue weighted by molar-refractivity contribution is -0.121. The van der Waals surface area contributed by atoms with E-state index < -0.39 is 0 Å². The van der Waals surface area contributed by atoms with Crippen molar-refractivity contribution < 1.29 is 9.53 Å². The van der Waals surface area contributed by atoms with Gasteiger partial charge in [0.2, 0.25) is 5.91 Å². The second-order valence-electron chi connectivity index (χ2n) is 8.95. The molecule has 2 N–H and O–H groups in total. The van der Waals surface area contributed by atoms with E-state index in [0.29, 0.717) is 31.5 Å². The summed E-state index contributed by atoms with van der Waals surface area (Å²) in [5.74, 6) is 1.61. The first-order valence-corrected chi connectivity index (χ1v) is 11.3. The molecule has 0 aromatic carbocycles. The van der Waals surface area contributed by atoms with Crippen LogP contribution in [0.4, 0.5) is 0 Å². The first kappa shape index (κ1) is 22.2. The molecule has 0 radical (unpaired) electrons. The number of likely N-dealkylation sites (tertiary alicyclic amines) is 1. The molecule has 162 valence electrons. The van der Waals surface area contributed by atoms with Gasteiger partial charge in [-0.05, 0) is 69.5 Å². The third kappa shape index (κ3) is 7.68. The lowest BCUT2D eigenvalue weighted by Crippen LogP contribution is -2.55. The van der Waals surface area contributed by atoms with Gasteiger partial charge >= 0.3 is 0 Å². The lowest BCUT2D eigenvalue weighted by atomic mass is 9.79. The zero-order valence-electron chi connectivity index (χ0n) is 18.1. The molecule has 3 atom stereocenters. The number of ether oxygens (including phenoxy) is 1. The van der Waals surface area contributed by atoms with Crippen molar-refractivity contribution in [1.29, 1.82) is 0 Å². The van der Waals surface area contributed by atoms with Crippen LogP contribution >= 0.6 is 0 Å². The van der Waals surface area contributed by atoms with E-state index in [1.807, 2.05) is 32.3 Å². The predicted octanol–water partition coefficient (Wildman–Crippen LogP) is 2.59. The fourth-order valence-electron chi connectivity index (χ4n) is 4.68. The molecule has 1 amide bonds. The van der Waals surface area contributed by atoms with E-state index in [-0.39, 0.29) is 12.0 Å². The molecule has 0 spiro atoms. The van der Waals surface area contributed by atoms with Gasteiger partial charge in [0, 0.05) is 57.6 Å². The molecule has 2 bridgehead atoms. The highest BCUT2D eigenvalue weighted by Gasteiger charge is 2.36. The first-order chi connectivity index (χ1) is 14.1. The van der Waals surface area contributed by atoms with Crippen molar-refractivity contribution >= 4 is 5.91 Å².